The summed E-state index contributed by atoms with van der Waals surface area (Å²) in [6.07, 6.45) is 0.696. The van der Waals surface area contributed by atoms with Crippen LogP contribution in [-0.4, -0.2) is 34.8 Å². The smallest absolute Gasteiger partial charge is 0.343 e. The second-order valence-electron chi connectivity index (χ2n) is 3.65. The van der Waals surface area contributed by atoms with Gasteiger partial charge in [0.15, 0.2) is 0 Å². The van der Waals surface area contributed by atoms with Crippen molar-refractivity contribution >= 4 is 23.7 Å². The van der Waals surface area contributed by atoms with E-state index < -0.39 is 23.8 Å². The van der Waals surface area contributed by atoms with Crippen molar-refractivity contribution in [3.8, 4) is 0 Å². The molecule has 0 radical (unpaired) electrons. The lowest BCUT2D eigenvalue weighted by Crippen LogP contribution is -2.40. The molecule has 0 bridgehead atoms. The van der Waals surface area contributed by atoms with Crippen molar-refractivity contribution < 1.29 is 24.0 Å². The second kappa shape index (κ2) is 3.92. The second-order valence-corrected chi connectivity index (χ2v) is 3.65. The largest absolute Gasteiger partial charge is 0.355 e. The van der Waals surface area contributed by atoms with Gasteiger partial charge in [-0.05, 0) is 6.42 Å². The standard InChI is InChI=1S/C9H10N2O5/c12-6-2-1-5(10-6)9(15)16-11-7(13)3-4-8(11)14/h5H,1-4H2,(H,10,12)/t5-/m0/s1. The molecule has 1 atom stereocenters. The molecular formula is C9H10N2O5. The third-order valence-corrected chi connectivity index (χ3v) is 2.47. The minimum atomic E-state index is -0.769. The lowest BCUT2D eigenvalue weighted by Gasteiger charge is -2.15. The van der Waals surface area contributed by atoms with Crippen LogP contribution in [0.5, 0.6) is 0 Å². The average molecular weight is 226 g/mol. The first-order valence-corrected chi connectivity index (χ1v) is 4.95. The lowest BCUT2D eigenvalue weighted by atomic mass is 10.2. The highest BCUT2D eigenvalue weighted by Gasteiger charge is 2.36. The van der Waals surface area contributed by atoms with E-state index in [2.05, 4.69) is 10.2 Å². The van der Waals surface area contributed by atoms with Gasteiger partial charge in [0, 0.05) is 19.3 Å². The highest BCUT2D eigenvalue weighted by molar-refractivity contribution is 6.02. The zero-order valence-corrected chi connectivity index (χ0v) is 8.39. The van der Waals surface area contributed by atoms with Gasteiger partial charge in [0.2, 0.25) is 5.91 Å². The molecule has 7 heteroatoms. The first kappa shape index (κ1) is 10.6. The van der Waals surface area contributed by atoms with E-state index in [4.69, 9.17) is 0 Å². The minimum absolute atomic E-state index is 0.0587. The summed E-state index contributed by atoms with van der Waals surface area (Å²) < 4.78 is 0. The molecule has 0 saturated carbocycles. The van der Waals surface area contributed by atoms with Crippen molar-refractivity contribution in [2.45, 2.75) is 31.7 Å². The number of imide groups is 1. The molecule has 7 nitrogen and oxygen atoms in total. The van der Waals surface area contributed by atoms with Gasteiger partial charge in [-0.2, -0.15) is 0 Å². The Kier molecular flexibility index (Phi) is 2.59. The number of nitrogens with zero attached hydrogens (tertiary/aromatic N) is 1. The first-order valence-electron chi connectivity index (χ1n) is 4.95. The topological polar surface area (TPSA) is 92.8 Å². The number of amides is 3. The van der Waals surface area contributed by atoms with E-state index in [1.54, 1.807) is 0 Å². The van der Waals surface area contributed by atoms with Crippen molar-refractivity contribution in [3.63, 3.8) is 0 Å². The predicted molar refractivity (Wildman–Crippen MR) is 48.3 cm³/mol. The summed E-state index contributed by atoms with van der Waals surface area (Å²) in [5.41, 5.74) is 0. The van der Waals surface area contributed by atoms with Gasteiger partial charge in [-0.25, -0.2) is 4.79 Å². The van der Waals surface area contributed by atoms with Crippen LogP contribution in [0, 0.1) is 0 Å². The molecule has 0 aromatic rings. The van der Waals surface area contributed by atoms with Gasteiger partial charge in [0.05, 0.1) is 0 Å². The van der Waals surface area contributed by atoms with E-state index in [-0.39, 0.29) is 25.2 Å². The molecule has 2 rings (SSSR count). The fraction of sp³-hybridized carbons (Fsp3) is 0.556. The maximum absolute atomic E-state index is 11.5. The van der Waals surface area contributed by atoms with E-state index in [1.807, 2.05) is 0 Å². The number of hydrogen-bond acceptors (Lipinski definition) is 5. The number of hydrogen-bond donors (Lipinski definition) is 1. The SMILES string of the molecule is O=C1CC[C@@H](C(=O)ON2C(=O)CCC2=O)N1. The van der Waals surface area contributed by atoms with Crippen LogP contribution >= 0.6 is 0 Å². The molecule has 3 amide bonds. The molecule has 2 heterocycles. The number of rotatable bonds is 2. The van der Waals surface area contributed by atoms with Crippen molar-refractivity contribution in [1.29, 1.82) is 0 Å². The van der Waals surface area contributed by atoms with Crippen LogP contribution < -0.4 is 5.32 Å². The molecule has 0 unspecified atom stereocenters. The van der Waals surface area contributed by atoms with E-state index in [1.165, 1.54) is 0 Å². The van der Waals surface area contributed by atoms with E-state index in [9.17, 15) is 19.2 Å². The Hall–Kier alpha value is -1.92. The summed E-state index contributed by atoms with van der Waals surface area (Å²) in [6.45, 7) is 0. The fourth-order valence-electron chi connectivity index (χ4n) is 1.60. The van der Waals surface area contributed by atoms with E-state index in [0.717, 1.165) is 0 Å². The summed E-state index contributed by atoms with van der Waals surface area (Å²) in [4.78, 5) is 49.2. The van der Waals surface area contributed by atoms with Crippen molar-refractivity contribution in [3.05, 3.63) is 0 Å². The molecule has 1 N–H and O–H groups in total. The predicted octanol–water partition coefficient (Wildman–Crippen LogP) is -1.13. The zero-order chi connectivity index (χ0) is 11.7. The number of carbonyl (C=O) groups is 4. The molecule has 86 valence electrons. The van der Waals surface area contributed by atoms with Crippen LogP contribution in [-0.2, 0) is 24.0 Å². The summed E-state index contributed by atoms with van der Waals surface area (Å²) in [7, 11) is 0. The highest BCUT2D eigenvalue weighted by atomic mass is 16.7. The number of nitrogens with one attached hydrogen (secondary N) is 1. The fourth-order valence-corrected chi connectivity index (χ4v) is 1.60. The molecule has 0 aromatic heterocycles. The zero-order valence-electron chi connectivity index (χ0n) is 8.39. The van der Waals surface area contributed by atoms with Crippen molar-refractivity contribution in [2.24, 2.45) is 0 Å². The van der Waals surface area contributed by atoms with E-state index in [0.29, 0.717) is 11.5 Å². The van der Waals surface area contributed by atoms with Gasteiger partial charge in [0.1, 0.15) is 6.04 Å². The maximum atomic E-state index is 11.5. The molecule has 0 spiro atoms. The van der Waals surface area contributed by atoms with Crippen molar-refractivity contribution in [2.75, 3.05) is 0 Å². The van der Waals surface area contributed by atoms with Crippen LogP contribution in [0.15, 0.2) is 0 Å². The number of carbonyl (C=O) groups excluding carboxylic acids is 4. The molecule has 16 heavy (non-hydrogen) atoms. The average Bonchev–Trinajstić information content (AvgIpc) is 2.79. The Labute approximate surface area is 90.7 Å². The Bertz CT molecular complexity index is 362. The minimum Gasteiger partial charge on any atom is -0.343 e. The van der Waals surface area contributed by atoms with Gasteiger partial charge in [-0.3, -0.25) is 14.4 Å². The molecule has 2 fully saturated rings. The summed E-state index contributed by atoms with van der Waals surface area (Å²) >= 11 is 0. The van der Waals surface area contributed by atoms with Crippen molar-refractivity contribution in [1.82, 2.24) is 10.4 Å². The van der Waals surface area contributed by atoms with Gasteiger partial charge in [0.25, 0.3) is 11.8 Å². The van der Waals surface area contributed by atoms with Crippen LogP contribution in [0.25, 0.3) is 0 Å². The Morgan fingerprint density at radius 3 is 2.31 bits per heavy atom. The quantitative estimate of drug-likeness (QED) is 0.601. The molecule has 2 aliphatic heterocycles. The van der Waals surface area contributed by atoms with Gasteiger partial charge < -0.3 is 10.2 Å². The Morgan fingerprint density at radius 1 is 1.19 bits per heavy atom. The van der Waals surface area contributed by atoms with Crippen LogP contribution in [0.2, 0.25) is 0 Å². The third-order valence-electron chi connectivity index (χ3n) is 2.47. The van der Waals surface area contributed by atoms with Crippen LogP contribution in [0.3, 0.4) is 0 Å². The first-order chi connectivity index (χ1) is 7.58. The van der Waals surface area contributed by atoms with Crippen LogP contribution in [0.4, 0.5) is 0 Å². The molecule has 0 aromatic carbocycles. The summed E-state index contributed by atoms with van der Waals surface area (Å²) in [6, 6.07) is -0.756. The molecule has 2 saturated heterocycles. The van der Waals surface area contributed by atoms with Crippen LogP contribution in [0.1, 0.15) is 25.7 Å². The summed E-state index contributed by atoms with van der Waals surface area (Å²) in [5, 5.41) is 2.87. The highest BCUT2D eigenvalue weighted by Crippen LogP contribution is 2.15. The monoisotopic (exact) mass is 226 g/mol. The van der Waals surface area contributed by atoms with Gasteiger partial charge in [-0.15, -0.1) is 5.06 Å². The lowest BCUT2D eigenvalue weighted by molar-refractivity contribution is -0.198. The number of hydroxylamine groups is 2. The third kappa shape index (κ3) is 1.88. The molecular weight excluding hydrogens is 216 g/mol. The van der Waals surface area contributed by atoms with Gasteiger partial charge >= 0.3 is 5.97 Å². The summed E-state index contributed by atoms with van der Waals surface area (Å²) in [5.74, 6) is -2.05. The molecule has 2 aliphatic rings. The maximum Gasteiger partial charge on any atom is 0.355 e. The Balaban J connectivity index is 1.94. The van der Waals surface area contributed by atoms with E-state index >= 15 is 0 Å². The molecule has 0 aliphatic carbocycles. The Morgan fingerprint density at radius 2 is 1.81 bits per heavy atom. The van der Waals surface area contributed by atoms with Gasteiger partial charge in [-0.1, -0.05) is 0 Å². The normalized spacial score (nSPS) is 24.9.